The highest BCUT2D eigenvalue weighted by atomic mass is 16.7. The van der Waals surface area contributed by atoms with Crippen molar-refractivity contribution in [2.75, 3.05) is 13.6 Å². The number of ether oxygens (including phenoxy) is 4. The fourth-order valence-corrected chi connectivity index (χ4v) is 4.77. The van der Waals surface area contributed by atoms with Crippen LogP contribution in [-0.2, 0) is 26.2 Å². The van der Waals surface area contributed by atoms with Gasteiger partial charge in [-0.3, -0.25) is 4.90 Å². The van der Waals surface area contributed by atoms with Crippen LogP contribution in [0.15, 0.2) is 66.7 Å². The summed E-state index contributed by atoms with van der Waals surface area (Å²) in [7, 11) is 0. The Kier molecular flexibility index (Phi) is 6.64. The number of fused-ring (bicyclic) bond motifs is 2. The molecule has 8 nitrogen and oxygen atoms in total. The van der Waals surface area contributed by atoms with E-state index in [9.17, 15) is 0 Å². The van der Waals surface area contributed by atoms with Crippen LogP contribution in [0.5, 0.6) is 23.0 Å². The molecule has 3 heterocycles. The molecule has 0 atom stereocenters. The maximum atomic E-state index is 5.63. The molecule has 0 fully saturated rings. The van der Waals surface area contributed by atoms with Gasteiger partial charge < -0.3 is 23.5 Å². The minimum absolute atomic E-state index is 0.266. The first kappa shape index (κ1) is 23.4. The minimum atomic E-state index is 0.266. The number of hydrogen-bond acceptors (Lipinski definition) is 7. The van der Waals surface area contributed by atoms with Gasteiger partial charge in [-0.25, -0.2) is 0 Å². The molecule has 0 amide bonds. The van der Waals surface area contributed by atoms with Gasteiger partial charge in [-0.15, -0.1) is 10.2 Å². The van der Waals surface area contributed by atoms with E-state index in [1.165, 1.54) is 0 Å². The lowest BCUT2D eigenvalue weighted by atomic mass is 10.1. The van der Waals surface area contributed by atoms with Crippen LogP contribution in [-0.4, -0.2) is 33.3 Å². The zero-order valence-corrected chi connectivity index (χ0v) is 20.9. The van der Waals surface area contributed by atoms with Crippen molar-refractivity contribution in [2.24, 2.45) is 0 Å². The van der Waals surface area contributed by atoms with Gasteiger partial charge in [0.1, 0.15) is 5.82 Å². The topological polar surface area (TPSA) is 70.9 Å². The molecule has 4 aromatic rings. The lowest BCUT2D eigenvalue weighted by Gasteiger charge is -2.23. The molecule has 190 valence electrons. The number of hydrogen-bond donors (Lipinski definition) is 0. The third kappa shape index (κ3) is 5.11. The summed E-state index contributed by atoms with van der Waals surface area (Å²) in [5, 5.41) is 9.28. The average Bonchev–Trinajstić information content (AvgIpc) is 3.67. The fourth-order valence-electron chi connectivity index (χ4n) is 4.77. The van der Waals surface area contributed by atoms with E-state index in [0.717, 1.165) is 70.7 Å². The number of rotatable bonds is 10. The molecule has 37 heavy (non-hydrogen) atoms. The summed E-state index contributed by atoms with van der Waals surface area (Å²) in [5.74, 6) is 5.02. The Hall–Kier alpha value is -4.04. The van der Waals surface area contributed by atoms with Gasteiger partial charge in [-0.05, 0) is 41.8 Å². The van der Waals surface area contributed by atoms with Gasteiger partial charge in [0.2, 0.25) is 13.6 Å². The zero-order valence-electron chi connectivity index (χ0n) is 20.9. The highest BCUT2D eigenvalue weighted by Crippen LogP contribution is 2.35. The zero-order chi connectivity index (χ0) is 25.0. The van der Waals surface area contributed by atoms with Gasteiger partial charge in [0.05, 0.1) is 6.54 Å². The molecule has 0 saturated heterocycles. The molecule has 0 radical (unpaired) electrons. The van der Waals surface area contributed by atoms with Crippen LogP contribution in [0, 0.1) is 0 Å². The van der Waals surface area contributed by atoms with Crippen molar-refractivity contribution in [1.82, 2.24) is 19.7 Å². The maximum Gasteiger partial charge on any atom is 0.231 e. The molecule has 0 N–H and O–H groups in total. The second kappa shape index (κ2) is 10.5. The van der Waals surface area contributed by atoms with E-state index in [0.29, 0.717) is 19.6 Å². The number of benzene rings is 3. The van der Waals surface area contributed by atoms with Crippen molar-refractivity contribution in [2.45, 2.75) is 45.9 Å². The van der Waals surface area contributed by atoms with E-state index in [2.05, 4.69) is 63.0 Å². The van der Waals surface area contributed by atoms with Crippen molar-refractivity contribution in [1.29, 1.82) is 0 Å². The summed E-state index contributed by atoms with van der Waals surface area (Å²) >= 11 is 0. The molecule has 2 aliphatic rings. The van der Waals surface area contributed by atoms with E-state index in [1.807, 2.05) is 30.3 Å². The standard InChI is InChI=1S/C29H30N4O4/c1-2-3-13-33-28(30-31-29(33)23-7-5-4-6-8-23)18-32(16-21-9-11-24-26(14-21)36-19-34-24)17-22-10-12-25-27(15-22)37-20-35-25/h4-12,14-15H,2-3,13,16-20H2,1H3. The van der Waals surface area contributed by atoms with Crippen molar-refractivity contribution in [3.05, 3.63) is 83.7 Å². The quantitative estimate of drug-likeness (QED) is 0.290. The SMILES string of the molecule is CCCCn1c(CN(Cc2ccc3c(c2)OCO3)Cc2ccc3c(c2)OCO3)nnc1-c1ccccc1. The predicted molar refractivity (Wildman–Crippen MR) is 138 cm³/mol. The molecule has 0 aliphatic carbocycles. The molecule has 3 aromatic carbocycles. The summed E-state index contributed by atoms with van der Waals surface area (Å²) in [4.78, 5) is 2.37. The molecular weight excluding hydrogens is 468 g/mol. The Morgan fingerprint density at radius 2 is 1.35 bits per heavy atom. The van der Waals surface area contributed by atoms with Gasteiger partial charge >= 0.3 is 0 Å². The van der Waals surface area contributed by atoms with Crippen molar-refractivity contribution < 1.29 is 18.9 Å². The van der Waals surface area contributed by atoms with Gasteiger partial charge in [-0.2, -0.15) is 0 Å². The molecule has 0 unspecified atom stereocenters. The molecular formula is C29H30N4O4. The Balaban J connectivity index is 1.30. The van der Waals surface area contributed by atoms with Gasteiger partial charge in [0.25, 0.3) is 0 Å². The monoisotopic (exact) mass is 498 g/mol. The van der Waals surface area contributed by atoms with E-state index in [1.54, 1.807) is 0 Å². The maximum absolute atomic E-state index is 5.63. The predicted octanol–water partition coefficient (Wildman–Crippen LogP) is 5.41. The van der Waals surface area contributed by atoms with Crippen LogP contribution >= 0.6 is 0 Å². The highest BCUT2D eigenvalue weighted by molar-refractivity contribution is 5.55. The average molecular weight is 499 g/mol. The van der Waals surface area contributed by atoms with Crippen LogP contribution in [0.1, 0.15) is 36.7 Å². The molecule has 6 rings (SSSR count). The van der Waals surface area contributed by atoms with Crippen molar-refractivity contribution in [3.8, 4) is 34.4 Å². The van der Waals surface area contributed by atoms with E-state index in [-0.39, 0.29) is 13.6 Å². The van der Waals surface area contributed by atoms with Gasteiger partial charge in [0, 0.05) is 25.2 Å². The minimum Gasteiger partial charge on any atom is -0.454 e. The summed E-state index contributed by atoms with van der Waals surface area (Å²) in [6.07, 6.45) is 2.17. The van der Waals surface area contributed by atoms with Gasteiger partial charge in [-0.1, -0.05) is 55.8 Å². The first-order valence-electron chi connectivity index (χ1n) is 12.7. The normalized spacial score (nSPS) is 13.5. The number of unbranched alkanes of at least 4 members (excludes halogenated alkanes) is 1. The fraction of sp³-hybridized carbons (Fsp3) is 0.310. The second-order valence-electron chi connectivity index (χ2n) is 9.33. The highest BCUT2D eigenvalue weighted by Gasteiger charge is 2.20. The molecule has 0 bridgehead atoms. The van der Waals surface area contributed by atoms with E-state index in [4.69, 9.17) is 18.9 Å². The Morgan fingerprint density at radius 3 is 1.97 bits per heavy atom. The van der Waals surface area contributed by atoms with Crippen LogP contribution in [0.4, 0.5) is 0 Å². The molecule has 2 aliphatic heterocycles. The smallest absolute Gasteiger partial charge is 0.231 e. The number of aromatic nitrogens is 3. The lowest BCUT2D eigenvalue weighted by Crippen LogP contribution is -2.24. The molecule has 1 aromatic heterocycles. The number of nitrogens with zero attached hydrogens (tertiary/aromatic N) is 4. The summed E-state index contributed by atoms with van der Waals surface area (Å²) < 4.78 is 24.5. The largest absolute Gasteiger partial charge is 0.454 e. The van der Waals surface area contributed by atoms with Gasteiger partial charge in [0.15, 0.2) is 28.8 Å². The Labute approximate surface area is 216 Å². The summed E-state index contributed by atoms with van der Waals surface area (Å²) in [6, 6.07) is 22.6. The molecule has 8 heteroatoms. The summed E-state index contributed by atoms with van der Waals surface area (Å²) in [6.45, 7) is 5.69. The first-order valence-corrected chi connectivity index (χ1v) is 12.7. The van der Waals surface area contributed by atoms with Crippen molar-refractivity contribution in [3.63, 3.8) is 0 Å². The first-order chi connectivity index (χ1) is 18.3. The van der Waals surface area contributed by atoms with Crippen LogP contribution in [0.3, 0.4) is 0 Å². The molecule has 0 saturated carbocycles. The van der Waals surface area contributed by atoms with E-state index < -0.39 is 0 Å². The third-order valence-corrected chi connectivity index (χ3v) is 6.65. The lowest BCUT2D eigenvalue weighted by molar-refractivity contribution is 0.173. The summed E-state index contributed by atoms with van der Waals surface area (Å²) in [5.41, 5.74) is 3.37. The second-order valence-corrected chi connectivity index (χ2v) is 9.33. The Bertz CT molecular complexity index is 1310. The third-order valence-electron chi connectivity index (χ3n) is 6.65. The van der Waals surface area contributed by atoms with Crippen molar-refractivity contribution >= 4 is 0 Å². The van der Waals surface area contributed by atoms with E-state index >= 15 is 0 Å². The van der Waals surface area contributed by atoms with Crippen LogP contribution < -0.4 is 18.9 Å². The Morgan fingerprint density at radius 1 is 0.730 bits per heavy atom. The van der Waals surface area contributed by atoms with Crippen LogP contribution in [0.25, 0.3) is 11.4 Å². The van der Waals surface area contributed by atoms with Crippen LogP contribution in [0.2, 0.25) is 0 Å². The molecule has 0 spiro atoms.